The van der Waals surface area contributed by atoms with Gasteiger partial charge in [0.05, 0.1) is 18.2 Å². The highest BCUT2D eigenvalue weighted by Crippen LogP contribution is 2.31. The molecular formula is C20H23N5O4S2. The Balaban J connectivity index is 1.43. The van der Waals surface area contributed by atoms with E-state index in [9.17, 15) is 13.2 Å². The number of pyridine rings is 1. The molecule has 0 aromatic carbocycles. The number of sulfonamides is 1. The van der Waals surface area contributed by atoms with E-state index >= 15 is 0 Å². The summed E-state index contributed by atoms with van der Waals surface area (Å²) in [4.78, 5) is 21.1. The van der Waals surface area contributed by atoms with Crippen molar-refractivity contribution in [2.75, 3.05) is 13.1 Å². The number of thiophene rings is 1. The van der Waals surface area contributed by atoms with Gasteiger partial charge in [-0.15, -0.1) is 11.3 Å². The molecule has 1 saturated heterocycles. The quantitative estimate of drug-likeness (QED) is 0.574. The fraction of sp³-hybridized carbons (Fsp3) is 0.400. The van der Waals surface area contributed by atoms with Crippen LogP contribution < -0.4 is 5.32 Å². The monoisotopic (exact) mass is 461 g/mol. The zero-order chi connectivity index (χ0) is 21.8. The van der Waals surface area contributed by atoms with Gasteiger partial charge >= 0.3 is 0 Å². The van der Waals surface area contributed by atoms with Crippen LogP contribution in [0.3, 0.4) is 0 Å². The number of aryl methyl sites for hydroxylation is 1. The lowest BCUT2D eigenvalue weighted by Crippen LogP contribution is -2.45. The van der Waals surface area contributed by atoms with Crippen molar-refractivity contribution in [3.63, 3.8) is 0 Å². The van der Waals surface area contributed by atoms with Crippen molar-refractivity contribution in [1.82, 2.24) is 24.7 Å². The Kier molecular flexibility index (Phi) is 6.44. The number of rotatable bonds is 7. The summed E-state index contributed by atoms with van der Waals surface area (Å²) in [6, 6.07) is 7.07. The third-order valence-electron chi connectivity index (χ3n) is 5.12. The van der Waals surface area contributed by atoms with E-state index in [2.05, 4.69) is 20.4 Å². The molecule has 31 heavy (non-hydrogen) atoms. The molecule has 3 aromatic heterocycles. The van der Waals surface area contributed by atoms with Crippen LogP contribution in [0.1, 0.15) is 31.4 Å². The van der Waals surface area contributed by atoms with E-state index in [1.54, 1.807) is 17.6 Å². The molecule has 0 aliphatic carbocycles. The molecule has 0 bridgehead atoms. The van der Waals surface area contributed by atoms with E-state index in [4.69, 9.17) is 4.52 Å². The Labute approximate surface area is 184 Å². The van der Waals surface area contributed by atoms with E-state index in [1.807, 2.05) is 25.1 Å². The highest BCUT2D eigenvalue weighted by Gasteiger charge is 2.34. The van der Waals surface area contributed by atoms with E-state index < -0.39 is 15.9 Å². The summed E-state index contributed by atoms with van der Waals surface area (Å²) < 4.78 is 33.1. The largest absolute Gasteiger partial charge is 0.350 e. The lowest BCUT2D eigenvalue weighted by atomic mass is 9.99. The van der Waals surface area contributed by atoms with Crippen LogP contribution >= 0.6 is 11.3 Å². The Morgan fingerprint density at radius 1 is 1.39 bits per heavy atom. The van der Waals surface area contributed by atoms with E-state index in [1.165, 1.54) is 4.31 Å². The molecule has 164 valence electrons. The molecule has 1 aliphatic heterocycles. The van der Waals surface area contributed by atoms with Gasteiger partial charge in [0, 0.05) is 36.7 Å². The first-order chi connectivity index (χ1) is 15.0. The maximum absolute atomic E-state index is 13.2. The summed E-state index contributed by atoms with van der Waals surface area (Å²) in [5.41, 5.74) is 1.36. The summed E-state index contributed by atoms with van der Waals surface area (Å²) in [7, 11) is -3.71. The fourth-order valence-electron chi connectivity index (χ4n) is 3.41. The number of amides is 1. The normalized spacial score (nSPS) is 17.5. The number of nitrogens with one attached hydrogen (secondary N) is 1. The van der Waals surface area contributed by atoms with Gasteiger partial charge in [0.15, 0.2) is 0 Å². The van der Waals surface area contributed by atoms with Crippen LogP contribution in [0.25, 0.3) is 11.4 Å². The average Bonchev–Trinajstić information content (AvgIpc) is 3.48. The van der Waals surface area contributed by atoms with Gasteiger partial charge in [-0.05, 0) is 31.0 Å². The van der Waals surface area contributed by atoms with Crippen molar-refractivity contribution in [3.05, 3.63) is 47.4 Å². The summed E-state index contributed by atoms with van der Waals surface area (Å²) >= 11 is 1.12. The van der Waals surface area contributed by atoms with Crippen LogP contribution in [-0.4, -0.2) is 46.8 Å². The van der Waals surface area contributed by atoms with Crippen LogP contribution in [0.5, 0.6) is 0 Å². The van der Waals surface area contributed by atoms with Crippen LogP contribution in [0.15, 0.2) is 44.6 Å². The zero-order valence-corrected chi connectivity index (χ0v) is 18.7. The van der Waals surface area contributed by atoms with Crippen molar-refractivity contribution in [2.45, 2.75) is 36.9 Å². The van der Waals surface area contributed by atoms with Crippen LogP contribution in [0, 0.1) is 5.92 Å². The van der Waals surface area contributed by atoms with Gasteiger partial charge in [0.25, 0.3) is 10.0 Å². The Morgan fingerprint density at radius 2 is 2.26 bits per heavy atom. The SMILES string of the molecule is CCc1nc(-c2csc(S(=O)(=O)N3CCCC(C(=O)NCc4ccccn4)C3)c2)no1. The second kappa shape index (κ2) is 9.25. The molecule has 4 rings (SSSR count). The molecule has 0 spiro atoms. The van der Waals surface area contributed by atoms with Gasteiger partial charge < -0.3 is 9.84 Å². The number of aromatic nitrogens is 3. The lowest BCUT2D eigenvalue weighted by molar-refractivity contribution is -0.126. The lowest BCUT2D eigenvalue weighted by Gasteiger charge is -2.30. The molecule has 1 fully saturated rings. The Hall–Kier alpha value is -2.63. The minimum Gasteiger partial charge on any atom is -0.350 e. The van der Waals surface area contributed by atoms with Crippen molar-refractivity contribution in [1.29, 1.82) is 0 Å². The van der Waals surface area contributed by atoms with Crippen molar-refractivity contribution in [3.8, 4) is 11.4 Å². The third kappa shape index (κ3) is 4.83. The molecule has 1 atom stereocenters. The third-order valence-corrected chi connectivity index (χ3v) is 8.40. The Morgan fingerprint density at radius 3 is 3.00 bits per heavy atom. The minimum atomic E-state index is -3.71. The molecule has 0 saturated carbocycles. The van der Waals surface area contributed by atoms with Gasteiger partial charge in [0.2, 0.25) is 17.6 Å². The molecule has 4 heterocycles. The number of nitrogens with zero attached hydrogens (tertiary/aromatic N) is 4. The number of carbonyl (C=O) groups is 1. The fourth-order valence-corrected chi connectivity index (χ4v) is 6.25. The molecule has 3 aromatic rings. The molecule has 11 heteroatoms. The first kappa shape index (κ1) is 21.6. The van der Waals surface area contributed by atoms with Crippen LogP contribution in [0.4, 0.5) is 0 Å². The topological polar surface area (TPSA) is 118 Å². The summed E-state index contributed by atoms with van der Waals surface area (Å²) in [5.74, 6) is 0.327. The Bertz CT molecular complexity index is 1140. The summed E-state index contributed by atoms with van der Waals surface area (Å²) in [5, 5.41) is 8.47. The second-order valence-corrected chi connectivity index (χ2v) is 10.3. The van der Waals surface area contributed by atoms with Crippen molar-refractivity contribution in [2.24, 2.45) is 5.92 Å². The minimum absolute atomic E-state index is 0.156. The van der Waals surface area contributed by atoms with Crippen LogP contribution in [-0.2, 0) is 27.8 Å². The number of carbonyl (C=O) groups excluding carboxylic acids is 1. The highest BCUT2D eigenvalue weighted by atomic mass is 32.2. The molecule has 1 aliphatic rings. The van der Waals surface area contributed by atoms with Crippen molar-refractivity contribution < 1.29 is 17.7 Å². The van der Waals surface area contributed by atoms with Crippen molar-refractivity contribution >= 4 is 27.3 Å². The molecule has 1 amide bonds. The van der Waals surface area contributed by atoms with Gasteiger partial charge in [-0.25, -0.2) is 8.42 Å². The molecule has 1 unspecified atom stereocenters. The second-order valence-electron chi connectivity index (χ2n) is 7.26. The first-order valence-corrected chi connectivity index (χ1v) is 12.4. The predicted molar refractivity (Wildman–Crippen MR) is 115 cm³/mol. The molecule has 0 radical (unpaired) electrons. The highest BCUT2D eigenvalue weighted by molar-refractivity contribution is 7.91. The number of hydrogen-bond donors (Lipinski definition) is 1. The van der Waals surface area contributed by atoms with E-state index in [0.717, 1.165) is 17.0 Å². The predicted octanol–water partition coefficient (Wildman–Crippen LogP) is 2.47. The van der Waals surface area contributed by atoms with Gasteiger partial charge in [-0.2, -0.15) is 9.29 Å². The van der Waals surface area contributed by atoms with E-state index in [-0.39, 0.29) is 16.7 Å². The van der Waals surface area contributed by atoms with Crippen LogP contribution in [0.2, 0.25) is 0 Å². The van der Waals surface area contributed by atoms with Gasteiger partial charge in [-0.3, -0.25) is 9.78 Å². The molecule has 9 nitrogen and oxygen atoms in total. The zero-order valence-electron chi connectivity index (χ0n) is 17.0. The molecular weight excluding hydrogens is 438 g/mol. The number of piperidine rings is 1. The maximum Gasteiger partial charge on any atom is 0.252 e. The number of hydrogen-bond acceptors (Lipinski definition) is 8. The van der Waals surface area contributed by atoms with E-state index in [0.29, 0.717) is 49.6 Å². The molecule has 1 N–H and O–H groups in total. The van der Waals surface area contributed by atoms with Gasteiger partial charge in [-0.1, -0.05) is 18.1 Å². The van der Waals surface area contributed by atoms with Gasteiger partial charge in [0.1, 0.15) is 4.21 Å². The standard InChI is InChI=1S/C20H23N5O4S2/c1-2-17-23-19(24-29-17)15-10-18(30-13-15)31(27,28)25-9-5-6-14(12-25)20(26)22-11-16-7-3-4-8-21-16/h3-4,7-8,10,13-14H,2,5-6,9,11-12H2,1H3,(H,22,26). The first-order valence-electron chi connectivity index (χ1n) is 10.1. The summed E-state index contributed by atoms with van der Waals surface area (Å²) in [6.07, 6.45) is 3.56. The maximum atomic E-state index is 13.2. The average molecular weight is 462 g/mol. The smallest absolute Gasteiger partial charge is 0.252 e. The summed E-state index contributed by atoms with van der Waals surface area (Å²) in [6.45, 7) is 2.77.